The Kier molecular flexibility index (Phi) is 3.97. The fraction of sp³-hybridized carbons (Fsp3) is 0.250. The molecule has 0 spiro atoms. The van der Waals surface area contributed by atoms with Crippen LogP contribution < -0.4 is 4.74 Å². The summed E-state index contributed by atoms with van der Waals surface area (Å²) >= 11 is 6.79. The van der Waals surface area contributed by atoms with E-state index in [-0.39, 0.29) is 0 Å². The quantitative estimate of drug-likeness (QED) is 0.754. The van der Waals surface area contributed by atoms with Crippen LogP contribution in [0.4, 0.5) is 0 Å². The number of esters is 1. The first-order chi connectivity index (χ1) is 8.60. The van der Waals surface area contributed by atoms with E-state index < -0.39 is 5.97 Å². The van der Waals surface area contributed by atoms with Gasteiger partial charge in [-0.25, -0.2) is 4.79 Å². The van der Waals surface area contributed by atoms with Crippen LogP contribution in [0.2, 0.25) is 0 Å². The highest BCUT2D eigenvalue weighted by Crippen LogP contribution is 2.40. The smallest absolute Gasteiger partial charge is 0.342 e. The van der Waals surface area contributed by atoms with Gasteiger partial charge in [0.05, 0.1) is 28.0 Å². The molecule has 1 aromatic heterocycles. The zero-order chi connectivity index (χ0) is 13.3. The minimum atomic E-state index is -0.419. The minimum Gasteiger partial charge on any atom is -0.496 e. The van der Waals surface area contributed by atoms with Crippen LogP contribution in [0.5, 0.6) is 5.75 Å². The van der Waals surface area contributed by atoms with E-state index in [1.807, 2.05) is 0 Å². The number of hydrogen-bond acceptors (Lipinski definition) is 4. The molecule has 0 unspecified atom stereocenters. The lowest BCUT2D eigenvalue weighted by atomic mass is 10.1. The summed E-state index contributed by atoms with van der Waals surface area (Å²) in [6.45, 7) is 2.07. The van der Waals surface area contributed by atoms with Crippen molar-refractivity contribution in [2.24, 2.45) is 0 Å². The Morgan fingerprint density at radius 1 is 1.44 bits per heavy atom. The second-order valence-corrected chi connectivity index (χ2v) is 5.10. The SMILES string of the molecule is CCOC(=O)c1coc2c(Br)cc(OC)c(Br)c12. The molecule has 0 aliphatic carbocycles. The highest BCUT2D eigenvalue weighted by atomic mass is 79.9. The first-order valence-electron chi connectivity index (χ1n) is 5.20. The van der Waals surface area contributed by atoms with E-state index in [4.69, 9.17) is 13.9 Å². The van der Waals surface area contributed by atoms with Gasteiger partial charge < -0.3 is 13.9 Å². The molecule has 96 valence electrons. The van der Waals surface area contributed by atoms with E-state index in [1.165, 1.54) is 6.26 Å². The molecule has 0 saturated carbocycles. The highest BCUT2D eigenvalue weighted by Gasteiger charge is 2.21. The van der Waals surface area contributed by atoms with Gasteiger partial charge in [0, 0.05) is 0 Å². The summed E-state index contributed by atoms with van der Waals surface area (Å²) in [5.41, 5.74) is 0.948. The highest BCUT2D eigenvalue weighted by molar-refractivity contribution is 9.11. The van der Waals surface area contributed by atoms with Crippen molar-refractivity contribution < 1.29 is 18.7 Å². The van der Waals surface area contributed by atoms with Gasteiger partial charge in [0.1, 0.15) is 23.2 Å². The van der Waals surface area contributed by atoms with Gasteiger partial charge >= 0.3 is 5.97 Å². The molecule has 0 saturated heterocycles. The molecule has 0 amide bonds. The minimum absolute atomic E-state index is 0.314. The van der Waals surface area contributed by atoms with Crippen molar-refractivity contribution in [3.8, 4) is 5.75 Å². The fourth-order valence-electron chi connectivity index (χ4n) is 1.63. The Balaban J connectivity index is 2.70. The number of hydrogen-bond donors (Lipinski definition) is 0. The third kappa shape index (κ3) is 2.14. The molecule has 1 aromatic carbocycles. The molecule has 0 aliphatic rings. The van der Waals surface area contributed by atoms with Gasteiger partial charge in [-0.1, -0.05) is 0 Å². The van der Waals surface area contributed by atoms with Gasteiger partial charge in [-0.2, -0.15) is 0 Å². The molecule has 1 heterocycles. The van der Waals surface area contributed by atoms with Crippen LogP contribution in [-0.4, -0.2) is 19.7 Å². The fourth-order valence-corrected chi connectivity index (χ4v) is 2.80. The van der Waals surface area contributed by atoms with Crippen LogP contribution in [0.25, 0.3) is 11.0 Å². The predicted molar refractivity (Wildman–Crippen MR) is 74.1 cm³/mol. The largest absolute Gasteiger partial charge is 0.496 e. The Morgan fingerprint density at radius 2 is 2.17 bits per heavy atom. The molecular formula is C12H10Br2O4. The van der Waals surface area contributed by atoms with E-state index in [0.717, 1.165) is 0 Å². The first-order valence-corrected chi connectivity index (χ1v) is 6.79. The van der Waals surface area contributed by atoms with Crippen LogP contribution >= 0.6 is 31.9 Å². The zero-order valence-corrected chi connectivity index (χ0v) is 12.9. The molecule has 6 heteroatoms. The van der Waals surface area contributed by atoms with Crippen molar-refractivity contribution in [3.05, 3.63) is 26.8 Å². The summed E-state index contributed by atoms with van der Waals surface area (Å²) in [6.07, 6.45) is 1.39. The molecule has 0 radical (unpaired) electrons. The van der Waals surface area contributed by atoms with Crippen LogP contribution in [0.1, 0.15) is 17.3 Å². The molecule has 0 bridgehead atoms. The van der Waals surface area contributed by atoms with Crippen molar-refractivity contribution >= 4 is 48.8 Å². The molecule has 0 atom stereocenters. The Labute approximate surface area is 120 Å². The number of ether oxygens (including phenoxy) is 2. The van der Waals surface area contributed by atoms with Crippen LogP contribution in [0, 0.1) is 0 Å². The number of carbonyl (C=O) groups is 1. The lowest BCUT2D eigenvalue weighted by Gasteiger charge is -2.06. The average Bonchev–Trinajstić information content (AvgIpc) is 2.79. The first kappa shape index (κ1) is 13.4. The van der Waals surface area contributed by atoms with Crippen molar-refractivity contribution in [1.29, 1.82) is 0 Å². The van der Waals surface area contributed by atoms with Crippen LogP contribution in [0.15, 0.2) is 25.7 Å². The predicted octanol–water partition coefficient (Wildman–Crippen LogP) is 4.14. The average molecular weight is 378 g/mol. The van der Waals surface area contributed by atoms with E-state index in [2.05, 4.69) is 31.9 Å². The normalized spacial score (nSPS) is 10.7. The second-order valence-electron chi connectivity index (χ2n) is 3.45. The monoisotopic (exact) mass is 376 g/mol. The molecule has 0 aliphatic heterocycles. The number of furan rings is 1. The molecule has 18 heavy (non-hydrogen) atoms. The molecule has 2 aromatic rings. The van der Waals surface area contributed by atoms with E-state index >= 15 is 0 Å². The van der Waals surface area contributed by atoms with Crippen LogP contribution in [-0.2, 0) is 4.74 Å². The number of methoxy groups -OCH3 is 1. The van der Waals surface area contributed by atoms with Crippen LogP contribution in [0.3, 0.4) is 0 Å². The van der Waals surface area contributed by atoms with Gasteiger partial charge in [0.25, 0.3) is 0 Å². The number of fused-ring (bicyclic) bond motifs is 1. The summed E-state index contributed by atoms with van der Waals surface area (Å²) < 4.78 is 17.0. The molecule has 4 nitrogen and oxygen atoms in total. The molecule has 0 N–H and O–H groups in total. The number of rotatable bonds is 3. The third-order valence-electron chi connectivity index (χ3n) is 2.42. The topological polar surface area (TPSA) is 48.7 Å². The van der Waals surface area contributed by atoms with Crippen molar-refractivity contribution in [2.45, 2.75) is 6.92 Å². The Hall–Kier alpha value is -1.01. The Morgan fingerprint density at radius 3 is 2.78 bits per heavy atom. The molecule has 0 fully saturated rings. The van der Waals surface area contributed by atoms with Crippen molar-refractivity contribution in [3.63, 3.8) is 0 Å². The summed E-state index contributed by atoms with van der Waals surface area (Å²) in [4.78, 5) is 11.8. The van der Waals surface area contributed by atoms with Gasteiger partial charge in [-0.05, 0) is 44.8 Å². The zero-order valence-electron chi connectivity index (χ0n) is 9.75. The lowest BCUT2D eigenvalue weighted by Crippen LogP contribution is -2.03. The maximum atomic E-state index is 11.8. The molecular weight excluding hydrogens is 368 g/mol. The van der Waals surface area contributed by atoms with Crippen molar-refractivity contribution in [2.75, 3.05) is 13.7 Å². The van der Waals surface area contributed by atoms with E-state index in [9.17, 15) is 4.79 Å². The van der Waals surface area contributed by atoms with Crippen molar-refractivity contribution in [1.82, 2.24) is 0 Å². The maximum Gasteiger partial charge on any atom is 0.342 e. The molecule has 2 rings (SSSR count). The lowest BCUT2D eigenvalue weighted by molar-refractivity contribution is 0.0527. The summed E-state index contributed by atoms with van der Waals surface area (Å²) in [5, 5.41) is 0.639. The van der Waals surface area contributed by atoms with E-state index in [0.29, 0.717) is 37.8 Å². The maximum absolute atomic E-state index is 11.8. The van der Waals surface area contributed by atoms with E-state index in [1.54, 1.807) is 20.1 Å². The summed E-state index contributed by atoms with van der Waals surface area (Å²) in [7, 11) is 1.56. The van der Waals surface area contributed by atoms with Gasteiger partial charge in [0.15, 0.2) is 0 Å². The number of halogens is 2. The summed E-state index contributed by atoms with van der Waals surface area (Å²) in [5.74, 6) is 0.193. The van der Waals surface area contributed by atoms with Gasteiger partial charge in [-0.3, -0.25) is 0 Å². The standard InChI is InChI=1S/C12H10Br2O4/c1-3-17-12(15)6-5-18-11-7(13)4-8(16-2)10(14)9(6)11/h4-5H,3H2,1-2H3. The number of benzene rings is 1. The summed E-state index contributed by atoms with van der Waals surface area (Å²) in [6, 6.07) is 1.77. The Bertz CT molecular complexity index is 604. The van der Waals surface area contributed by atoms with Gasteiger partial charge in [-0.15, -0.1) is 0 Å². The second kappa shape index (κ2) is 5.32. The third-order valence-corrected chi connectivity index (χ3v) is 3.79. The van der Waals surface area contributed by atoms with Gasteiger partial charge in [0.2, 0.25) is 0 Å². The number of carbonyl (C=O) groups excluding carboxylic acids is 1.